The number of esters is 1. The molecule has 4 rings (SSSR count). The number of nitrogens with zero attached hydrogens (tertiary/aromatic N) is 1. The summed E-state index contributed by atoms with van der Waals surface area (Å²) in [4.78, 5) is 40.6. The largest absolute Gasteiger partial charge is 0.496 e. The van der Waals surface area contributed by atoms with Gasteiger partial charge in [0, 0.05) is 35.5 Å². The van der Waals surface area contributed by atoms with Gasteiger partial charge in [-0.25, -0.2) is 9.78 Å². The smallest absolute Gasteiger partial charge is 0.336 e. The first-order valence-electron chi connectivity index (χ1n) is 11.5. The Morgan fingerprint density at radius 1 is 1.19 bits per heavy atom. The first kappa shape index (κ1) is 25.1. The number of rotatable bonds is 9. The van der Waals surface area contributed by atoms with Crippen molar-refractivity contribution in [1.82, 2.24) is 4.98 Å². The van der Waals surface area contributed by atoms with Crippen molar-refractivity contribution in [3.05, 3.63) is 69.2 Å². The van der Waals surface area contributed by atoms with Gasteiger partial charge in [0.1, 0.15) is 16.5 Å². The van der Waals surface area contributed by atoms with Crippen LogP contribution in [0.4, 0.5) is 5.69 Å². The molecule has 1 aliphatic rings. The molecule has 9 heteroatoms. The highest BCUT2D eigenvalue weighted by molar-refractivity contribution is 7.10. The van der Waals surface area contributed by atoms with E-state index in [1.54, 1.807) is 17.4 Å². The summed E-state index contributed by atoms with van der Waals surface area (Å²) in [5.41, 5.74) is 2.64. The Labute approximate surface area is 212 Å². The third-order valence-electron chi connectivity index (χ3n) is 5.88. The Bertz CT molecular complexity index is 1330. The number of aromatic carboxylic acids is 1. The van der Waals surface area contributed by atoms with Crippen LogP contribution >= 0.6 is 11.3 Å². The molecule has 0 bridgehead atoms. The summed E-state index contributed by atoms with van der Waals surface area (Å²) in [6.07, 6.45) is 7.36. The Morgan fingerprint density at radius 2 is 2.00 bits per heavy atom. The number of methoxy groups -OCH3 is 1. The summed E-state index contributed by atoms with van der Waals surface area (Å²) in [7, 11) is 1.35. The number of hydrogen-bond donors (Lipinski definition) is 2. The number of anilines is 1. The molecular formula is C27H26N2O6S. The summed E-state index contributed by atoms with van der Waals surface area (Å²) >= 11 is 1.62. The van der Waals surface area contributed by atoms with Crippen LogP contribution < -0.4 is 14.8 Å². The molecule has 2 aromatic carbocycles. The van der Waals surface area contributed by atoms with E-state index in [4.69, 9.17) is 14.5 Å². The third-order valence-corrected chi connectivity index (χ3v) is 6.71. The molecule has 0 spiro atoms. The molecule has 1 fully saturated rings. The van der Waals surface area contributed by atoms with Gasteiger partial charge in [-0.3, -0.25) is 9.59 Å². The van der Waals surface area contributed by atoms with Gasteiger partial charge in [-0.1, -0.05) is 24.6 Å². The van der Waals surface area contributed by atoms with Crippen molar-refractivity contribution in [3.8, 4) is 11.5 Å². The van der Waals surface area contributed by atoms with Crippen LogP contribution in [0.1, 0.15) is 64.3 Å². The van der Waals surface area contributed by atoms with Gasteiger partial charge in [0.2, 0.25) is 5.91 Å². The number of carbonyl (C=O) groups excluding carboxylic acids is 2. The minimum Gasteiger partial charge on any atom is -0.496 e. The first-order chi connectivity index (χ1) is 17.3. The quantitative estimate of drug-likeness (QED) is 0.295. The fourth-order valence-corrected chi connectivity index (χ4v) is 4.71. The molecule has 1 heterocycles. The topological polar surface area (TPSA) is 115 Å². The predicted octanol–water partition coefficient (Wildman–Crippen LogP) is 5.39. The average molecular weight is 507 g/mol. The third kappa shape index (κ3) is 6.17. The van der Waals surface area contributed by atoms with E-state index in [9.17, 15) is 19.5 Å². The van der Waals surface area contributed by atoms with Crippen LogP contribution in [-0.2, 0) is 16.0 Å². The van der Waals surface area contributed by atoms with Gasteiger partial charge in [-0.05, 0) is 42.7 Å². The van der Waals surface area contributed by atoms with Crippen LogP contribution in [0, 0.1) is 0 Å². The van der Waals surface area contributed by atoms with Crippen molar-refractivity contribution in [1.29, 1.82) is 0 Å². The number of benzene rings is 2. The normalized spacial score (nSPS) is 13.3. The molecule has 0 unspecified atom stereocenters. The molecule has 36 heavy (non-hydrogen) atoms. The Hall–Kier alpha value is -3.98. The highest BCUT2D eigenvalue weighted by atomic mass is 32.1. The van der Waals surface area contributed by atoms with Gasteiger partial charge < -0.3 is 19.9 Å². The van der Waals surface area contributed by atoms with Crippen LogP contribution in [0.5, 0.6) is 11.5 Å². The van der Waals surface area contributed by atoms with Crippen molar-refractivity contribution < 1.29 is 29.0 Å². The molecule has 0 radical (unpaired) electrons. The summed E-state index contributed by atoms with van der Waals surface area (Å²) in [6, 6.07) is 9.92. The predicted molar refractivity (Wildman–Crippen MR) is 138 cm³/mol. The van der Waals surface area contributed by atoms with E-state index in [0.717, 1.165) is 10.6 Å². The van der Waals surface area contributed by atoms with E-state index in [0.29, 0.717) is 11.6 Å². The Kier molecular flexibility index (Phi) is 7.80. The lowest BCUT2D eigenvalue weighted by molar-refractivity contribution is -0.131. The van der Waals surface area contributed by atoms with Gasteiger partial charge in [0.05, 0.1) is 24.8 Å². The molecule has 0 saturated heterocycles. The number of nitrogens with one attached hydrogen (secondary N) is 1. The monoisotopic (exact) mass is 506 g/mol. The summed E-state index contributed by atoms with van der Waals surface area (Å²) < 4.78 is 10.3. The molecule has 186 valence electrons. The van der Waals surface area contributed by atoms with Gasteiger partial charge in [-0.15, -0.1) is 11.3 Å². The van der Waals surface area contributed by atoms with Crippen LogP contribution in [0.15, 0.2) is 41.8 Å². The van der Waals surface area contributed by atoms with Crippen LogP contribution in [-0.4, -0.2) is 35.0 Å². The maximum atomic E-state index is 12.8. The van der Waals surface area contributed by atoms with Gasteiger partial charge >= 0.3 is 11.9 Å². The summed E-state index contributed by atoms with van der Waals surface area (Å²) in [5.74, 6) is -1.51. The lowest BCUT2D eigenvalue weighted by Crippen LogP contribution is -2.17. The molecule has 1 amide bonds. The van der Waals surface area contributed by atoms with E-state index < -0.39 is 17.8 Å². The number of thiazole rings is 1. The Morgan fingerprint density at radius 3 is 2.67 bits per heavy atom. The lowest BCUT2D eigenvalue weighted by atomic mass is 9.83. The molecule has 1 saturated carbocycles. The van der Waals surface area contributed by atoms with E-state index in [-0.39, 0.29) is 29.0 Å². The fourth-order valence-electron chi connectivity index (χ4n) is 3.92. The van der Waals surface area contributed by atoms with Gasteiger partial charge in [0.25, 0.3) is 0 Å². The molecular weight excluding hydrogens is 480 g/mol. The zero-order valence-corrected chi connectivity index (χ0v) is 20.8. The van der Waals surface area contributed by atoms with Crippen molar-refractivity contribution in [2.45, 2.75) is 38.5 Å². The number of aromatic nitrogens is 1. The summed E-state index contributed by atoms with van der Waals surface area (Å²) in [6.45, 7) is 1.21. The van der Waals surface area contributed by atoms with Gasteiger partial charge in [-0.2, -0.15) is 0 Å². The van der Waals surface area contributed by atoms with Crippen LogP contribution in [0.2, 0.25) is 0 Å². The first-order valence-corrected chi connectivity index (χ1v) is 12.4. The molecule has 1 aromatic heterocycles. The number of carboxylic acid groups (broad SMARTS) is 1. The van der Waals surface area contributed by atoms with Crippen molar-refractivity contribution in [2.24, 2.45) is 0 Å². The maximum Gasteiger partial charge on any atom is 0.336 e. The van der Waals surface area contributed by atoms with Crippen LogP contribution in [0.25, 0.3) is 12.2 Å². The number of carbonyl (C=O) groups is 3. The highest BCUT2D eigenvalue weighted by Gasteiger charge is 2.22. The summed E-state index contributed by atoms with van der Waals surface area (Å²) in [5, 5.41) is 15.5. The minimum absolute atomic E-state index is 0.0282. The highest BCUT2D eigenvalue weighted by Crippen LogP contribution is 2.36. The molecule has 0 aliphatic heterocycles. The van der Waals surface area contributed by atoms with E-state index in [1.807, 2.05) is 30.4 Å². The number of ether oxygens (including phenoxy) is 2. The van der Waals surface area contributed by atoms with E-state index >= 15 is 0 Å². The molecule has 3 aromatic rings. The van der Waals surface area contributed by atoms with Crippen molar-refractivity contribution in [2.75, 3.05) is 12.4 Å². The zero-order valence-electron chi connectivity index (χ0n) is 19.9. The molecule has 8 nitrogen and oxygen atoms in total. The van der Waals surface area contributed by atoms with Gasteiger partial charge in [0.15, 0.2) is 0 Å². The standard InChI is InChI=1S/C27H26N2O6S/c1-16(30)35-20-12-22(27(32)33)21(24(13-20)34-2)14-25(31)28-19-8-3-5-17(11-19)9-10-26-29-23(15-36-26)18-6-4-7-18/h3,5,8-13,15,18H,4,6-7,14H2,1-2H3,(H,28,31)(H,32,33)/b10-9+. The minimum atomic E-state index is -1.26. The van der Waals surface area contributed by atoms with E-state index in [1.165, 1.54) is 51.1 Å². The Balaban J connectivity index is 1.46. The number of hydrogen-bond acceptors (Lipinski definition) is 7. The van der Waals surface area contributed by atoms with Crippen molar-refractivity contribution in [3.63, 3.8) is 0 Å². The molecule has 1 aliphatic carbocycles. The second kappa shape index (κ2) is 11.2. The second-order valence-corrected chi connectivity index (χ2v) is 9.36. The SMILES string of the molecule is COc1cc(OC(C)=O)cc(C(=O)O)c1CC(=O)Nc1cccc(/C=C/c2nc(C3CCC3)cs2)c1. The van der Waals surface area contributed by atoms with Crippen LogP contribution in [0.3, 0.4) is 0 Å². The van der Waals surface area contributed by atoms with E-state index in [2.05, 4.69) is 10.7 Å². The second-order valence-electron chi connectivity index (χ2n) is 8.47. The maximum absolute atomic E-state index is 12.8. The lowest BCUT2D eigenvalue weighted by Gasteiger charge is -2.22. The molecule has 2 N–H and O–H groups in total. The zero-order chi connectivity index (χ0) is 25.7. The molecule has 0 atom stereocenters. The average Bonchev–Trinajstić information content (AvgIpc) is 3.25. The fraction of sp³-hybridized carbons (Fsp3) is 0.259. The van der Waals surface area contributed by atoms with Crippen molar-refractivity contribution >= 4 is 47.0 Å². The number of carboxylic acids is 1. The number of amides is 1.